The molecule has 1 saturated carbocycles. The second kappa shape index (κ2) is 3.82. The number of nitrogens with zero attached hydrogens (tertiary/aromatic N) is 2. The molecule has 3 N–H and O–H groups in total. The number of anilines is 2. The van der Waals surface area contributed by atoms with Crippen molar-refractivity contribution in [3.8, 4) is 0 Å². The molecule has 4 heteroatoms. The normalized spacial score (nSPS) is 24.6. The molecule has 1 fully saturated rings. The van der Waals surface area contributed by atoms with E-state index in [0.717, 1.165) is 11.7 Å². The Kier molecular flexibility index (Phi) is 2.52. The number of nitrogens with two attached hydrogens (primary N) is 1. The van der Waals surface area contributed by atoms with Gasteiger partial charge in [-0.2, -0.15) is 4.98 Å². The minimum Gasteiger partial charge on any atom is -0.368 e. The monoisotopic (exact) mass is 192 g/mol. The smallest absolute Gasteiger partial charge is 0.221 e. The third kappa shape index (κ3) is 2.13. The highest BCUT2D eigenvalue weighted by molar-refractivity contribution is 5.40. The number of hydrogen-bond donors (Lipinski definition) is 2. The number of rotatable bonds is 4. The summed E-state index contributed by atoms with van der Waals surface area (Å²) in [4.78, 5) is 7.95. The van der Waals surface area contributed by atoms with Crippen LogP contribution >= 0.6 is 0 Å². The van der Waals surface area contributed by atoms with Gasteiger partial charge in [-0.3, -0.25) is 0 Å². The summed E-state index contributed by atoms with van der Waals surface area (Å²) >= 11 is 0. The maximum atomic E-state index is 5.49. The number of aromatic nitrogens is 2. The Morgan fingerprint density at radius 1 is 1.64 bits per heavy atom. The van der Waals surface area contributed by atoms with Crippen molar-refractivity contribution in [1.82, 2.24) is 9.97 Å². The van der Waals surface area contributed by atoms with Gasteiger partial charge in [-0.15, -0.1) is 0 Å². The number of hydrogen-bond acceptors (Lipinski definition) is 4. The van der Waals surface area contributed by atoms with E-state index in [4.69, 9.17) is 5.73 Å². The van der Waals surface area contributed by atoms with Crippen LogP contribution in [0.3, 0.4) is 0 Å². The summed E-state index contributed by atoms with van der Waals surface area (Å²) in [5.41, 5.74) is 5.49. The lowest BCUT2D eigenvalue weighted by atomic mass is 10.2. The van der Waals surface area contributed by atoms with E-state index in [-0.39, 0.29) is 0 Å². The molecule has 1 aromatic rings. The fraction of sp³-hybridized carbons (Fsp3) is 0.600. The molecule has 2 rings (SSSR count). The van der Waals surface area contributed by atoms with Crippen LogP contribution in [0.4, 0.5) is 11.8 Å². The highest BCUT2D eigenvalue weighted by Crippen LogP contribution is 2.36. The minimum absolute atomic E-state index is 0.336. The maximum absolute atomic E-state index is 5.49. The Balaban J connectivity index is 1.87. The summed E-state index contributed by atoms with van der Waals surface area (Å²) in [6.45, 7) is 2.22. The predicted octanol–water partition coefficient (Wildman–Crippen LogP) is 1.66. The van der Waals surface area contributed by atoms with Crippen LogP contribution in [0.25, 0.3) is 0 Å². The Bertz CT molecular complexity index is 313. The number of nitrogens with one attached hydrogen (secondary N) is 1. The van der Waals surface area contributed by atoms with Crippen molar-refractivity contribution in [2.24, 2.45) is 5.92 Å². The predicted molar refractivity (Wildman–Crippen MR) is 56.9 cm³/mol. The summed E-state index contributed by atoms with van der Waals surface area (Å²) in [7, 11) is 0. The Morgan fingerprint density at radius 2 is 2.50 bits per heavy atom. The molecule has 0 saturated heterocycles. The largest absolute Gasteiger partial charge is 0.368 e. The highest BCUT2D eigenvalue weighted by atomic mass is 15.1. The molecule has 1 heterocycles. The molecule has 1 aliphatic carbocycles. The van der Waals surface area contributed by atoms with Crippen molar-refractivity contribution in [3.05, 3.63) is 12.3 Å². The zero-order valence-corrected chi connectivity index (χ0v) is 8.40. The van der Waals surface area contributed by atoms with Crippen molar-refractivity contribution in [3.63, 3.8) is 0 Å². The average Bonchev–Trinajstić information content (AvgIpc) is 2.84. The topological polar surface area (TPSA) is 63.8 Å². The Labute approximate surface area is 83.9 Å². The molecular weight excluding hydrogens is 176 g/mol. The molecule has 2 atom stereocenters. The van der Waals surface area contributed by atoms with Gasteiger partial charge in [0.15, 0.2) is 0 Å². The van der Waals surface area contributed by atoms with Gasteiger partial charge in [0.1, 0.15) is 5.82 Å². The van der Waals surface area contributed by atoms with Crippen LogP contribution in [-0.2, 0) is 0 Å². The van der Waals surface area contributed by atoms with Crippen LogP contribution in [-0.4, -0.2) is 16.0 Å². The summed E-state index contributed by atoms with van der Waals surface area (Å²) in [5, 5.41) is 3.36. The molecule has 76 valence electrons. The molecule has 14 heavy (non-hydrogen) atoms. The van der Waals surface area contributed by atoms with E-state index in [0.29, 0.717) is 12.0 Å². The molecular formula is C10H16N4. The minimum atomic E-state index is 0.336. The van der Waals surface area contributed by atoms with E-state index >= 15 is 0 Å². The van der Waals surface area contributed by atoms with Gasteiger partial charge in [0.25, 0.3) is 0 Å². The lowest BCUT2D eigenvalue weighted by Gasteiger charge is -2.04. The zero-order chi connectivity index (χ0) is 9.97. The molecule has 1 aromatic heterocycles. The van der Waals surface area contributed by atoms with E-state index in [2.05, 4.69) is 22.2 Å². The molecule has 0 aromatic carbocycles. The molecule has 4 nitrogen and oxygen atoms in total. The lowest BCUT2D eigenvalue weighted by Crippen LogP contribution is -2.07. The van der Waals surface area contributed by atoms with Gasteiger partial charge >= 0.3 is 0 Å². The van der Waals surface area contributed by atoms with Gasteiger partial charge < -0.3 is 11.1 Å². The molecule has 0 amide bonds. The summed E-state index contributed by atoms with van der Waals surface area (Å²) < 4.78 is 0. The maximum Gasteiger partial charge on any atom is 0.221 e. The van der Waals surface area contributed by atoms with Crippen molar-refractivity contribution >= 4 is 11.8 Å². The molecule has 0 spiro atoms. The van der Waals surface area contributed by atoms with E-state index in [1.165, 1.54) is 19.3 Å². The highest BCUT2D eigenvalue weighted by Gasteiger charge is 2.36. The van der Waals surface area contributed by atoms with Crippen molar-refractivity contribution in [1.29, 1.82) is 0 Å². The van der Waals surface area contributed by atoms with Crippen LogP contribution in [0, 0.1) is 5.92 Å². The van der Waals surface area contributed by atoms with E-state index in [1.54, 1.807) is 6.20 Å². The summed E-state index contributed by atoms with van der Waals surface area (Å²) in [5.74, 6) is 2.01. The molecule has 0 aliphatic heterocycles. The first-order chi connectivity index (χ1) is 6.79. The fourth-order valence-electron chi connectivity index (χ4n) is 1.76. The van der Waals surface area contributed by atoms with Crippen LogP contribution in [0.1, 0.15) is 26.2 Å². The van der Waals surface area contributed by atoms with E-state index < -0.39 is 0 Å². The van der Waals surface area contributed by atoms with Gasteiger partial charge in [-0.1, -0.05) is 13.3 Å². The third-order valence-electron chi connectivity index (χ3n) is 2.59. The average molecular weight is 192 g/mol. The molecule has 0 bridgehead atoms. The summed E-state index contributed by atoms with van der Waals surface area (Å²) in [6, 6.07) is 2.46. The lowest BCUT2D eigenvalue weighted by molar-refractivity contribution is 0.692. The van der Waals surface area contributed by atoms with Gasteiger partial charge in [0, 0.05) is 12.2 Å². The van der Waals surface area contributed by atoms with Crippen molar-refractivity contribution < 1.29 is 0 Å². The van der Waals surface area contributed by atoms with E-state index in [9.17, 15) is 0 Å². The van der Waals surface area contributed by atoms with Crippen molar-refractivity contribution in [2.45, 2.75) is 32.2 Å². The standard InChI is InChI=1S/C10H16N4/c1-2-3-7-6-8(7)13-9-4-5-12-10(11)14-9/h4-5,7-8H,2-3,6H2,1H3,(H3,11,12,13,14). The van der Waals surface area contributed by atoms with Gasteiger partial charge in [0.2, 0.25) is 5.95 Å². The van der Waals surface area contributed by atoms with Crippen LogP contribution in [0.2, 0.25) is 0 Å². The SMILES string of the molecule is CCCC1CC1Nc1ccnc(N)n1. The van der Waals surface area contributed by atoms with Crippen LogP contribution in [0.15, 0.2) is 12.3 Å². The molecule has 0 radical (unpaired) electrons. The first-order valence-corrected chi connectivity index (χ1v) is 5.14. The van der Waals surface area contributed by atoms with Gasteiger partial charge in [-0.05, 0) is 24.8 Å². The first kappa shape index (κ1) is 9.24. The first-order valence-electron chi connectivity index (χ1n) is 5.14. The van der Waals surface area contributed by atoms with Gasteiger partial charge in [0.05, 0.1) is 0 Å². The molecule has 1 aliphatic rings. The zero-order valence-electron chi connectivity index (χ0n) is 8.40. The third-order valence-corrected chi connectivity index (χ3v) is 2.59. The summed E-state index contributed by atoms with van der Waals surface area (Å²) in [6.07, 6.45) is 5.51. The quantitative estimate of drug-likeness (QED) is 0.761. The Hall–Kier alpha value is -1.32. The van der Waals surface area contributed by atoms with Crippen molar-refractivity contribution in [2.75, 3.05) is 11.1 Å². The fourth-order valence-corrected chi connectivity index (χ4v) is 1.76. The molecule has 2 unspecified atom stereocenters. The van der Waals surface area contributed by atoms with Gasteiger partial charge in [-0.25, -0.2) is 4.98 Å². The Morgan fingerprint density at radius 3 is 3.21 bits per heavy atom. The van der Waals surface area contributed by atoms with Crippen LogP contribution < -0.4 is 11.1 Å². The second-order valence-corrected chi connectivity index (χ2v) is 3.84. The second-order valence-electron chi connectivity index (χ2n) is 3.84. The van der Waals surface area contributed by atoms with Crippen LogP contribution in [0.5, 0.6) is 0 Å². The number of nitrogen functional groups attached to an aromatic ring is 1. The van der Waals surface area contributed by atoms with E-state index in [1.807, 2.05) is 6.07 Å².